The molecule has 2 heterocycles. The second kappa shape index (κ2) is 8.03. The van der Waals surface area contributed by atoms with E-state index in [1.54, 1.807) is 4.90 Å². The highest BCUT2D eigenvalue weighted by Crippen LogP contribution is 2.19. The molecule has 26 heavy (non-hydrogen) atoms. The molecule has 0 saturated carbocycles. The van der Waals surface area contributed by atoms with Gasteiger partial charge in [-0.2, -0.15) is 0 Å². The van der Waals surface area contributed by atoms with Crippen LogP contribution in [0.3, 0.4) is 0 Å². The highest BCUT2D eigenvalue weighted by atomic mass is 19.1. The monoisotopic (exact) mass is 359 g/mol. The largest absolute Gasteiger partial charge is 0.337 e. The zero-order valence-corrected chi connectivity index (χ0v) is 14.2. The maximum Gasteiger partial charge on any atom is 0.272 e. The van der Waals surface area contributed by atoms with E-state index in [2.05, 4.69) is 10.3 Å². The van der Waals surface area contributed by atoms with Gasteiger partial charge in [-0.15, -0.1) is 0 Å². The molecule has 1 aromatic carbocycles. The minimum Gasteiger partial charge on any atom is -0.337 e. The number of likely N-dealkylation sites (tertiary alicyclic amines) is 1. The lowest BCUT2D eigenvalue weighted by molar-refractivity contribution is 0.0755. The van der Waals surface area contributed by atoms with Crippen molar-refractivity contribution in [3.63, 3.8) is 0 Å². The van der Waals surface area contributed by atoms with Crippen LogP contribution in [0, 0.1) is 11.6 Å². The van der Waals surface area contributed by atoms with Crippen molar-refractivity contribution in [1.29, 1.82) is 0 Å². The lowest BCUT2D eigenvalue weighted by Crippen LogP contribution is -2.32. The Bertz CT molecular complexity index is 798. The molecule has 1 aliphatic rings. The molecule has 1 N–H and O–H groups in total. The van der Waals surface area contributed by atoms with Crippen LogP contribution in [0.25, 0.3) is 0 Å². The van der Waals surface area contributed by atoms with Crippen LogP contribution >= 0.6 is 0 Å². The van der Waals surface area contributed by atoms with Crippen LogP contribution in [0.15, 0.2) is 36.5 Å². The molecule has 0 atom stereocenters. The molecule has 1 fully saturated rings. The van der Waals surface area contributed by atoms with Crippen LogP contribution in [-0.4, -0.2) is 34.8 Å². The van der Waals surface area contributed by atoms with Gasteiger partial charge in [0, 0.05) is 24.8 Å². The third kappa shape index (κ3) is 4.04. The van der Waals surface area contributed by atoms with E-state index in [0.29, 0.717) is 13.1 Å². The molecule has 1 aromatic heterocycles. The first-order valence-corrected chi connectivity index (χ1v) is 8.57. The number of benzene rings is 1. The van der Waals surface area contributed by atoms with Crippen molar-refractivity contribution in [3.8, 4) is 0 Å². The maximum atomic E-state index is 13.7. The Kier molecular flexibility index (Phi) is 5.55. The fourth-order valence-electron chi connectivity index (χ4n) is 2.93. The van der Waals surface area contributed by atoms with Crippen molar-refractivity contribution >= 4 is 17.5 Å². The van der Waals surface area contributed by atoms with E-state index in [1.807, 2.05) is 0 Å². The number of pyridine rings is 1. The summed E-state index contributed by atoms with van der Waals surface area (Å²) in [6.45, 7) is 1.33. The number of carbonyl (C=O) groups excluding carboxylic acids is 2. The molecule has 5 nitrogen and oxygen atoms in total. The molecule has 0 bridgehead atoms. The number of hydrogen-bond donors (Lipinski definition) is 1. The molecular weight excluding hydrogens is 340 g/mol. The number of para-hydroxylation sites is 1. The summed E-state index contributed by atoms with van der Waals surface area (Å²) < 4.78 is 27.4. The van der Waals surface area contributed by atoms with Gasteiger partial charge in [0.05, 0.1) is 0 Å². The fraction of sp³-hybridized carbons (Fsp3) is 0.316. The van der Waals surface area contributed by atoms with Gasteiger partial charge in [0.25, 0.3) is 11.8 Å². The Labute approximate surface area is 150 Å². The molecule has 136 valence electrons. The third-order valence-corrected chi connectivity index (χ3v) is 4.34. The quantitative estimate of drug-likeness (QED) is 0.910. The average Bonchev–Trinajstić information content (AvgIpc) is 2.93. The standard InChI is InChI=1S/C19H19F2N3O2/c20-14-6-5-7-15(21)17(14)23-18(25)13-8-9-22-16(12-13)19(26)24-10-3-1-2-4-11-24/h5-9,12H,1-4,10-11H2,(H,23,25). The lowest BCUT2D eigenvalue weighted by Gasteiger charge is -2.19. The fourth-order valence-corrected chi connectivity index (χ4v) is 2.93. The summed E-state index contributed by atoms with van der Waals surface area (Å²) in [6.07, 6.45) is 5.41. The lowest BCUT2D eigenvalue weighted by atomic mass is 10.2. The van der Waals surface area contributed by atoms with E-state index in [1.165, 1.54) is 24.4 Å². The molecule has 3 rings (SSSR count). The number of rotatable bonds is 3. The zero-order valence-electron chi connectivity index (χ0n) is 14.2. The van der Waals surface area contributed by atoms with E-state index in [-0.39, 0.29) is 17.2 Å². The van der Waals surface area contributed by atoms with Gasteiger partial charge in [-0.1, -0.05) is 18.9 Å². The number of halogens is 2. The minimum atomic E-state index is -0.867. The number of anilines is 1. The first-order chi connectivity index (χ1) is 12.6. The van der Waals surface area contributed by atoms with Gasteiger partial charge in [-0.05, 0) is 37.1 Å². The smallest absolute Gasteiger partial charge is 0.272 e. The first kappa shape index (κ1) is 18.0. The topological polar surface area (TPSA) is 62.3 Å². The van der Waals surface area contributed by atoms with E-state index < -0.39 is 23.2 Å². The summed E-state index contributed by atoms with van der Waals surface area (Å²) in [5.41, 5.74) is -0.260. The van der Waals surface area contributed by atoms with Crippen molar-refractivity contribution in [2.45, 2.75) is 25.7 Å². The molecule has 0 radical (unpaired) electrons. The van der Waals surface area contributed by atoms with Gasteiger partial charge in [0.15, 0.2) is 0 Å². The number of nitrogens with one attached hydrogen (secondary N) is 1. The van der Waals surface area contributed by atoms with Gasteiger partial charge in [-0.25, -0.2) is 8.78 Å². The summed E-state index contributed by atoms with van der Waals surface area (Å²) in [5.74, 6) is -2.68. The van der Waals surface area contributed by atoms with Gasteiger partial charge < -0.3 is 10.2 Å². The number of amides is 2. The predicted molar refractivity (Wildman–Crippen MR) is 92.9 cm³/mol. The van der Waals surface area contributed by atoms with Crippen molar-refractivity contribution < 1.29 is 18.4 Å². The van der Waals surface area contributed by atoms with E-state index in [0.717, 1.165) is 37.8 Å². The Balaban J connectivity index is 1.78. The maximum absolute atomic E-state index is 13.7. The normalized spacial score (nSPS) is 14.6. The minimum absolute atomic E-state index is 0.112. The van der Waals surface area contributed by atoms with Crippen LogP contribution in [0.2, 0.25) is 0 Å². The first-order valence-electron chi connectivity index (χ1n) is 8.57. The Morgan fingerprint density at radius 2 is 1.65 bits per heavy atom. The van der Waals surface area contributed by atoms with Crippen LogP contribution in [0.1, 0.15) is 46.5 Å². The molecule has 1 saturated heterocycles. The average molecular weight is 359 g/mol. The van der Waals surface area contributed by atoms with E-state index in [9.17, 15) is 18.4 Å². The summed E-state index contributed by atoms with van der Waals surface area (Å²) >= 11 is 0. The molecule has 0 unspecified atom stereocenters. The van der Waals surface area contributed by atoms with Crippen molar-refractivity contribution in [2.24, 2.45) is 0 Å². The van der Waals surface area contributed by atoms with Crippen LogP contribution in [0.5, 0.6) is 0 Å². The highest BCUT2D eigenvalue weighted by molar-refractivity contribution is 6.05. The number of carbonyl (C=O) groups is 2. The Morgan fingerprint density at radius 1 is 1.00 bits per heavy atom. The molecule has 0 aliphatic carbocycles. The van der Waals surface area contributed by atoms with Crippen LogP contribution < -0.4 is 5.32 Å². The number of aromatic nitrogens is 1. The number of hydrogen-bond acceptors (Lipinski definition) is 3. The van der Waals surface area contributed by atoms with Gasteiger partial charge in [0.2, 0.25) is 0 Å². The van der Waals surface area contributed by atoms with E-state index >= 15 is 0 Å². The summed E-state index contributed by atoms with van der Waals surface area (Å²) in [4.78, 5) is 30.7. The van der Waals surface area contributed by atoms with Crippen molar-refractivity contribution in [3.05, 3.63) is 59.4 Å². The molecule has 0 spiro atoms. The van der Waals surface area contributed by atoms with Gasteiger partial charge >= 0.3 is 0 Å². The SMILES string of the molecule is O=C(Nc1c(F)cccc1F)c1ccnc(C(=O)N2CCCCCC2)c1. The molecule has 1 aliphatic heterocycles. The second-order valence-corrected chi connectivity index (χ2v) is 6.19. The molecular formula is C19H19F2N3O2. The van der Waals surface area contributed by atoms with Crippen molar-refractivity contribution in [1.82, 2.24) is 9.88 Å². The predicted octanol–water partition coefficient (Wildman–Crippen LogP) is 3.63. The van der Waals surface area contributed by atoms with E-state index in [4.69, 9.17) is 0 Å². The second-order valence-electron chi connectivity index (χ2n) is 6.19. The summed E-state index contributed by atoms with van der Waals surface area (Å²) in [6, 6.07) is 6.07. The molecule has 7 heteroatoms. The number of nitrogens with zero attached hydrogens (tertiary/aromatic N) is 2. The molecule has 2 amide bonds. The molecule has 2 aromatic rings. The van der Waals surface area contributed by atoms with Crippen LogP contribution in [-0.2, 0) is 0 Å². The van der Waals surface area contributed by atoms with Gasteiger partial charge in [0.1, 0.15) is 23.0 Å². The summed E-state index contributed by atoms with van der Waals surface area (Å²) in [7, 11) is 0. The van der Waals surface area contributed by atoms with Gasteiger partial charge in [-0.3, -0.25) is 14.6 Å². The summed E-state index contributed by atoms with van der Waals surface area (Å²) in [5, 5.41) is 2.21. The third-order valence-electron chi connectivity index (χ3n) is 4.34. The Morgan fingerprint density at radius 3 is 2.31 bits per heavy atom. The van der Waals surface area contributed by atoms with Crippen molar-refractivity contribution in [2.75, 3.05) is 18.4 Å². The van der Waals surface area contributed by atoms with Crippen LogP contribution in [0.4, 0.5) is 14.5 Å². The zero-order chi connectivity index (χ0) is 18.5. The Hall–Kier alpha value is -2.83. The highest BCUT2D eigenvalue weighted by Gasteiger charge is 2.20.